The minimum absolute atomic E-state index is 0.0592. The predicted octanol–water partition coefficient (Wildman–Crippen LogP) is 4.02. The van der Waals surface area contributed by atoms with E-state index in [0.29, 0.717) is 31.4 Å². The quantitative estimate of drug-likeness (QED) is 0.660. The zero-order chi connectivity index (χ0) is 18.0. The summed E-state index contributed by atoms with van der Waals surface area (Å²) in [5.74, 6) is 0.333. The molecule has 134 valence electrons. The summed E-state index contributed by atoms with van der Waals surface area (Å²) in [7, 11) is 0. The fraction of sp³-hybridized carbons (Fsp3) is 0.750. The highest BCUT2D eigenvalue weighted by molar-refractivity contribution is 5.92. The van der Waals surface area contributed by atoms with Crippen LogP contribution in [0.3, 0.4) is 0 Å². The van der Waals surface area contributed by atoms with E-state index in [4.69, 9.17) is 4.74 Å². The number of carbonyl (C=O) groups excluding carboxylic acids is 3. The van der Waals surface area contributed by atoms with Crippen molar-refractivity contribution in [2.75, 3.05) is 6.61 Å². The Morgan fingerprint density at radius 1 is 1.21 bits per heavy atom. The normalized spacial score (nSPS) is 29.1. The maximum absolute atomic E-state index is 13.1. The summed E-state index contributed by atoms with van der Waals surface area (Å²) < 4.78 is 4.91. The molecule has 0 spiro atoms. The van der Waals surface area contributed by atoms with Gasteiger partial charge in [0.25, 0.3) is 0 Å². The third kappa shape index (κ3) is 3.96. The number of hydrogen-bond acceptors (Lipinski definition) is 4. The lowest BCUT2D eigenvalue weighted by molar-refractivity contribution is -0.139. The van der Waals surface area contributed by atoms with Gasteiger partial charge in [0.05, 0.1) is 0 Å². The van der Waals surface area contributed by atoms with E-state index in [1.807, 2.05) is 0 Å². The van der Waals surface area contributed by atoms with Gasteiger partial charge in [0.2, 0.25) is 0 Å². The van der Waals surface area contributed by atoms with Gasteiger partial charge in [-0.05, 0) is 50.0 Å². The molecule has 2 rings (SSSR count). The van der Waals surface area contributed by atoms with Gasteiger partial charge in [-0.2, -0.15) is 0 Å². The maximum atomic E-state index is 13.1. The SMILES string of the molecule is CC(=O)CCC1C(C)(C)CCCC1(C)C(=O)CCC1=CCOC1=O. The van der Waals surface area contributed by atoms with Crippen molar-refractivity contribution in [3.63, 3.8) is 0 Å². The Kier molecular flexibility index (Phi) is 5.67. The largest absolute Gasteiger partial charge is 0.458 e. The summed E-state index contributed by atoms with van der Waals surface area (Å²) in [5.41, 5.74) is 0.284. The Morgan fingerprint density at radius 3 is 2.50 bits per heavy atom. The van der Waals surface area contributed by atoms with Crippen LogP contribution < -0.4 is 0 Å². The van der Waals surface area contributed by atoms with Crippen molar-refractivity contribution in [1.82, 2.24) is 0 Å². The van der Waals surface area contributed by atoms with Gasteiger partial charge in [0, 0.05) is 23.8 Å². The maximum Gasteiger partial charge on any atom is 0.334 e. The second-order valence-corrected chi connectivity index (χ2v) is 8.30. The number of Topliss-reactive ketones (excluding diaryl/α,β-unsaturated/α-hetero) is 2. The summed E-state index contributed by atoms with van der Waals surface area (Å²) in [5, 5.41) is 0. The Bertz CT molecular complexity index is 558. The van der Waals surface area contributed by atoms with Crippen LogP contribution in [0.15, 0.2) is 11.6 Å². The van der Waals surface area contributed by atoms with Gasteiger partial charge < -0.3 is 9.53 Å². The van der Waals surface area contributed by atoms with E-state index in [9.17, 15) is 14.4 Å². The fourth-order valence-corrected chi connectivity index (χ4v) is 4.64. The molecule has 1 aliphatic carbocycles. The standard InChI is InChI=1S/C20H30O4/c1-14(21)6-8-16-19(2,3)11-5-12-20(16,4)17(22)9-7-15-10-13-24-18(15)23/h10,16H,5-9,11-13H2,1-4H3. The third-order valence-electron chi connectivity index (χ3n) is 6.08. The van der Waals surface area contributed by atoms with Crippen LogP contribution in [0, 0.1) is 16.7 Å². The highest BCUT2D eigenvalue weighted by atomic mass is 16.5. The van der Waals surface area contributed by atoms with E-state index in [0.717, 1.165) is 25.7 Å². The van der Waals surface area contributed by atoms with Crippen molar-refractivity contribution >= 4 is 17.5 Å². The molecule has 0 N–H and O–H groups in total. The van der Waals surface area contributed by atoms with E-state index in [2.05, 4.69) is 20.8 Å². The molecule has 1 aliphatic heterocycles. The van der Waals surface area contributed by atoms with Gasteiger partial charge in [0.1, 0.15) is 18.2 Å². The zero-order valence-electron chi connectivity index (χ0n) is 15.4. The van der Waals surface area contributed by atoms with Crippen LogP contribution in [0.4, 0.5) is 0 Å². The number of rotatable bonds is 7. The molecule has 0 bridgehead atoms. The number of carbonyl (C=O) groups is 3. The average molecular weight is 334 g/mol. The van der Waals surface area contributed by atoms with E-state index < -0.39 is 5.41 Å². The predicted molar refractivity (Wildman–Crippen MR) is 92.4 cm³/mol. The molecule has 0 aromatic rings. The first kappa shape index (κ1) is 18.9. The van der Waals surface area contributed by atoms with Gasteiger partial charge in [-0.3, -0.25) is 4.79 Å². The van der Waals surface area contributed by atoms with Crippen LogP contribution in [-0.2, 0) is 19.1 Å². The van der Waals surface area contributed by atoms with Crippen LogP contribution in [0.5, 0.6) is 0 Å². The minimum atomic E-state index is -0.403. The lowest BCUT2D eigenvalue weighted by Crippen LogP contribution is -2.47. The molecule has 0 aromatic heterocycles. The number of cyclic esters (lactones) is 1. The number of hydrogen-bond donors (Lipinski definition) is 0. The molecule has 0 saturated heterocycles. The van der Waals surface area contributed by atoms with Crippen LogP contribution in [0.25, 0.3) is 0 Å². The summed E-state index contributed by atoms with van der Waals surface area (Å²) >= 11 is 0. The van der Waals surface area contributed by atoms with E-state index in [-0.39, 0.29) is 28.9 Å². The van der Waals surface area contributed by atoms with Crippen molar-refractivity contribution in [1.29, 1.82) is 0 Å². The molecule has 1 heterocycles. The molecule has 0 amide bonds. The lowest BCUT2D eigenvalue weighted by atomic mass is 9.53. The van der Waals surface area contributed by atoms with Gasteiger partial charge in [-0.15, -0.1) is 0 Å². The van der Waals surface area contributed by atoms with Crippen molar-refractivity contribution in [2.45, 2.75) is 72.6 Å². The van der Waals surface area contributed by atoms with Crippen LogP contribution >= 0.6 is 0 Å². The Labute approximate surface area is 145 Å². The molecule has 4 nitrogen and oxygen atoms in total. The Hall–Kier alpha value is -1.45. The number of ether oxygens (including phenoxy) is 1. The van der Waals surface area contributed by atoms with Gasteiger partial charge >= 0.3 is 5.97 Å². The molecule has 0 aromatic carbocycles. The van der Waals surface area contributed by atoms with Crippen molar-refractivity contribution < 1.29 is 19.1 Å². The van der Waals surface area contributed by atoms with E-state index >= 15 is 0 Å². The van der Waals surface area contributed by atoms with Crippen LogP contribution in [0.1, 0.15) is 72.6 Å². The van der Waals surface area contributed by atoms with Crippen molar-refractivity contribution in [3.8, 4) is 0 Å². The first-order valence-electron chi connectivity index (χ1n) is 9.06. The summed E-state index contributed by atoms with van der Waals surface area (Å²) in [6.45, 7) is 8.46. The van der Waals surface area contributed by atoms with Gasteiger partial charge in [0.15, 0.2) is 0 Å². The summed E-state index contributed by atoms with van der Waals surface area (Å²) in [6, 6.07) is 0. The van der Waals surface area contributed by atoms with E-state index in [1.165, 1.54) is 0 Å². The molecule has 0 radical (unpaired) electrons. The van der Waals surface area contributed by atoms with Gasteiger partial charge in [-0.25, -0.2) is 4.79 Å². The van der Waals surface area contributed by atoms with Crippen molar-refractivity contribution in [3.05, 3.63) is 11.6 Å². The minimum Gasteiger partial charge on any atom is -0.458 e. The van der Waals surface area contributed by atoms with Crippen LogP contribution in [-0.4, -0.2) is 24.1 Å². The third-order valence-corrected chi connectivity index (χ3v) is 6.08. The Morgan fingerprint density at radius 2 is 1.92 bits per heavy atom. The first-order valence-corrected chi connectivity index (χ1v) is 9.06. The molecule has 1 fully saturated rings. The highest BCUT2D eigenvalue weighted by Gasteiger charge is 2.49. The average Bonchev–Trinajstić information content (AvgIpc) is 2.88. The summed E-state index contributed by atoms with van der Waals surface area (Å²) in [6.07, 6.45) is 6.94. The molecule has 2 aliphatic rings. The first-order chi connectivity index (χ1) is 11.2. The van der Waals surface area contributed by atoms with Crippen LogP contribution in [0.2, 0.25) is 0 Å². The smallest absolute Gasteiger partial charge is 0.334 e. The fourth-order valence-electron chi connectivity index (χ4n) is 4.64. The zero-order valence-corrected chi connectivity index (χ0v) is 15.4. The van der Waals surface area contributed by atoms with E-state index in [1.54, 1.807) is 13.0 Å². The molecule has 24 heavy (non-hydrogen) atoms. The monoisotopic (exact) mass is 334 g/mol. The highest BCUT2D eigenvalue weighted by Crippen LogP contribution is 2.54. The molecule has 2 unspecified atom stereocenters. The topological polar surface area (TPSA) is 60.4 Å². The Balaban J connectivity index is 2.11. The van der Waals surface area contributed by atoms with Crippen molar-refractivity contribution in [2.24, 2.45) is 16.7 Å². The molecular formula is C20H30O4. The second kappa shape index (κ2) is 7.20. The molecule has 2 atom stereocenters. The second-order valence-electron chi connectivity index (χ2n) is 8.30. The lowest BCUT2D eigenvalue weighted by Gasteiger charge is -2.50. The number of esters is 1. The number of ketones is 2. The van der Waals surface area contributed by atoms with Gasteiger partial charge in [-0.1, -0.05) is 27.2 Å². The molecular weight excluding hydrogens is 304 g/mol. The summed E-state index contributed by atoms with van der Waals surface area (Å²) in [4.78, 5) is 36.1. The molecule has 1 saturated carbocycles. The molecule has 4 heteroatoms.